The smallest absolute Gasteiger partial charge is 0.227 e. The number of aliphatic hydroxyl groups excluding tert-OH is 1. The minimum atomic E-state index is -1.12. The van der Waals surface area contributed by atoms with Crippen molar-refractivity contribution in [2.75, 3.05) is 29.1 Å². The summed E-state index contributed by atoms with van der Waals surface area (Å²) in [5.41, 5.74) is 0.558. The summed E-state index contributed by atoms with van der Waals surface area (Å²) in [7, 11) is -1.12. The Morgan fingerprint density at radius 1 is 1.18 bits per heavy atom. The molecule has 10 heteroatoms. The van der Waals surface area contributed by atoms with E-state index < -0.39 is 10.8 Å². The zero-order valence-corrected chi connectivity index (χ0v) is 20.1. The first-order chi connectivity index (χ1) is 16.0. The van der Waals surface area contributed by atoms with Crippen molar-refractivity contribution in [1.82, 2.24) is 19.9 Å². The molecule has 2 N–H and O–H groups in total. The van der Waals surface area contributed by atoms with E-state index in [9.17, 15) is 9.32 Å². The Morgan fingerprint density at radius 3 is 2.67 bits per heavy atom. The Morgan fingerprint density at radius 2 is 2.00 bits per heavy atom. The number of nitrogens with one attached hydrogen (secondary N) is 1. The van der Waals surface area contributed by atoms with E-state index in [0.29, 0.717) is 34.5 Å². The third-order valence-electron chi connectivity index (χ3n) is 7.91. The first-order valence-corrected chi connectivity index (χ1v) is 13.7. The molecule has 4 heterocycles. The van der Waals surface area contributed by atoms with E-state index in [1.54, 1.807) is 12.4 Å². The predicted molar refractivity (Wildman–Crippen MR) is 127 cm³/mol. The molecule has 2 aromatic rings. The number of halogens is 1. The molecule has 4 aliphatic rings. The highest BCUT2D eigenvalue weighted by Gasteiger charge is 2.48. The molecule has 1 saturated heterocycles. The number of anilines is 2. The van der Waals surface area contributed by atoms with Crippen LogP contribution in [0.3, 0.4) is 0 Å². The summed E-state index contributed by atoms with van der Waals surface area (Å²) in [6.07, 6.45) is 11.0. The zero-order valence-electron chi connectivity index (χ0n) is 18.5. The van der Waals surface area contributed by atoms with Gasteiger partial charge in [-0.25, -0.2) is 15.0 Å². The lowest BCUT2D eigenvalue weighted by Crippen LogP contribution is -2.49. The zero-order chi connectivity index (χ0) is 22.6. The minimum absolute atomic E-state index is 0.0604. The maximum Gasteiger partial charge on any atom is 0.227 e. The van der Waals surface area contributed by atoms with Crippen LogP contribution in [-0.2, 0) is 17.2 Å². The van der Waals surface area contributed by atoms with Crippen LogP contribution in [0.2, 0.25) is 5.02 Å². The van der Waals surface area contributed by atoms with Gasteiger partial charge < -0.3 is 15.3 Å². The molecule has 3 fully saturated rings. The molecule has 2 bridgehead atoms. The summed E-state index contributed by atoms with van der Waals surface area (Å²) in [6.45, 7) is 0.929. The topological polar surface area (TPSA) is 104 Å². The Kier molecular flexibility index (Phi) is 5.54. The first kappa shape index (κ1) is 21.7. The van der Waals surface area contributed by atoms with Gasteiger partial charge in [-0.05, 0) is 57.3 Å². The molecule has 0 radical (unpaired) electrons. The Bertz CT molecular complexity index is 1070. The van der Waals surface area contributed by atoms with E-state index >= 15 is 0 Å². The second kappa shape index (κ2) is 8.43. The number of nitrogens with zero attached hydrogens (tertiary/aromatic N) is 5. The Labute approximate surface area is 201 Å². The first-order valence-electron chi connectivity index (χ1n) is 12.0. The molecule has 4 unspecified atom stereocenters. The fraction of sp³-hybridized carbons (Fsp3) is 0.652. The van der Waals surface area contributed by atoms with Crippen molar-refractivity contribution in [2.24, 2.45) is 5.92 Å². The average Bonchev–Trinajstić information content (AvgIpc) is 3.35. The Hall–Kier alpha value is -1.84. The van der Waals surface area contributed by atoms with Crippen LogP contribution in [0.4, 0.5) is 11.8 Å². The molecule has 6 rings (SSSR count). The molecule has 2 aromatic heterocycles. The summed E-state index contributed by atoms with van der Waals surface area (Å²) in [6, 6.07) is 0.344. The monoisotopic (exact) mass is 488 g/mol. The molecule has 2 aliphatic heterocycles. The standard InChI is InChI=1S/C23H29ClN6O2S/c24-15-10-25-20(26-11-15)17-9-16-8-14(17)12-30(16)22-27-18-4-1-2-7-33(32)19(18)21(28-22)29-23(13-31)5-3-6-23/h10-11,14,16-17,31H,1-9,12-13H2,(H,27,28,29). The van der Waals surface area contributed by atoms with E-state index in [1.165, 1.54) is 0 Å². The predicted octanol–water partition coefficient (Wildman–Crippen LogP) is 3.07. The third kappa shape index (κ3) is 3.82. The molecule has 8 nitrogen and oxygen atoms in total. The molecule has 2 saturated carbocycles. The molecule has 0 amide bonds. The van der Waals surface area contributed by atoms with Crippen molar-refractivity contribution in [3.63, 3.8) is 0 Å². The van der Waals surface area contributed by atoms with Crippen LogP contribution in [-0.4, -0.2) is 59.7 Å². The summed E-state index contributed by atoms with van der Waals surface area (Å²) in [4.78, 5) is 21.9. The lowest BCUT2D eigenvalue weighted by Gasteiger charge is -2.42. The van der Waals surface area contributed by atoms with Crippen molar-refractivity contribution in [3.8, 4) is 0 Å². The number of hydrogen-bond donors (Lipinski definition) is 2. The van der Waals surface area contributed by atoms with E-state index in [0.717, 1.165) is 80.3 Å². The van der Waals surface area contributed by atoms with Crippen LogP contribution in [0.25, 0.3) is 0 Å². The van der Waals surface area contributed by atoms with Gasteiger partial charge in [-0.1, -0.05) is 11.6 Å². The van der Waals surface area contributed by atoms with Crippen molar-refractivity contribution in [3.05, 3.63) is 28.9 Å². The second-order valence-corrected chi connectivity index (χ2v) is 11.9. The number of aromatic nitrogens is 4. The van der Waals surface area contributed by atoms with Crippen molar-refractivity contribution in [2.45, 2.75) is 73.8 Å². The third-order valence-corrected chi connectivity index (χ3v) is 9.65. The van der Waals surface area contributed by atoms with Gasteiger partial charge in [0.05, 0.1) is 33.7 Å². The lowest BCUT2D eigenvalue weighted by atomic mass is 9.77. The molecular formula is C23H29ClN6O2S. The number of rotatable bonds is 5. The number of fused-ring (bicyclic) bond motifs is 3. The Balaban J connectivity index is 1.31. The highest BCUT2D eigenvalue weighted by atomic mass is 35.5. The summed E-state index contributed by atoms with van der Waals surface area (Å²) >= 11 is 5.97. The average molecular weight is 489 g/mol. The molecule has 176 valence electrons. The van der Waals surface area contributed by atoms with Crippen LogP contribution in [0.5, 0.6) is 0 Å². The molecule has 33 heavy (non-hydrogen) atoms. The minimum Gasteiger partial charge on any atom is -0.394 e. The molecule has 2 aliphatic carbocycles. The highest BCUT2D eigenvalue weighted by Crippen LogP contribution is 2.48. The maximum atomic E-state index is 13.1. The number of hydrogen-bond acceptors (Lipinski definition) is 8. The fourth-order valence-corrected chi connectivity index (χ4v) is 7.43. The van der Waals surface area contributed by atoms with E-state index in [-0.39, 0.29) is 12.1 Å². The van der Waals surface area contributed by atoms with E-state index in [4.69, 9.17) is 21.6 Å². The van der Waals surface area contributed by atoms with Crippen molar-refractivity contribution < 1.29 is 9.32 Å². The van der Waals surface area contributed by atoms with Crippen LogP contribution in [0.1, 0.15) is 62.4 Å². The van der Waals surface area contributed by atoms with Gasteiger partial charge >= 0.3 is 0 Å². The van der Waals surface area contributed by atoms with Gasteiger partial charge in [-0.15, -0.1) is 0 Å². The van der Waals surface area contributed by atoms with Gasteiger partial charge in [0.25, 0.3) is 0 Å². The molecule has 0 spiro atoms. The number of aliphatic hydroxyl groups is 1. The van der Waals surface area contributed by atoms with Crippen LogP contribution in [0, 0.1) is 5.92 Å². The van der Waals surface area contributed by atoms with E-state index in [1.807, 2.05) is 0 Å². The van der Waals surface area contributed by atoms with Crippen LogP contribution >= 0.6 is 11.6 Å². The lowest BCUT2D eigenvalue weighted by molar-refractivity contribution is 0.143. The highest BCUT2D eigenvalue weighted by molar-refractivity contribution is 7.85. The van der Waals surface area contributed by atoms with Gasteiger partial charge in [-0.3, -0.25) is 4.21 Å². The fourth-order valence-electron chi connectivity index (χ4n) is 5.94. The number of aryl methyl sites for hydroxylation is 1. The quantitative estimate of drug-likeness (QED) is 0.661. The largest absolute Gasteiger partial charge is 0.394 e. The van der Waals surface area contributed by atoms with Gasteiger partial charge in [-0.2, -0.15) is 4.98 Å². The summed E-state index contributed by atoms with van der Waals surface area (Å²) in [5, 5.41) is 14.1. The second-order valence-electron chi connectivity index (χ2n) is 9.98. The molecule has 4 atom stereocenters. The SMILES string of the molecule is O=S1CCCCc2nc(N3CC4CC3CC4c3ncc(Cl)cn3)nc(NC3(CO)CCC3)c21. The number of piperidine rings is 1. The van der Waals surface area contributed by atoms with Gasteiger partial charge in [0.1, 0.15) is 16.5 Å². The van der Waals surface area contributed by atoms with Gasteiger partial charge in [0.2, 0.25) is 5.95 Å². The normalized spacial score (nSPS) is 29.9. The van der Waals surface area contributed by atoms with Crippen LogP contribution in [0.15, 0.2) is 17.3 Å². The molecular weight excluding hydrogens is 460 g/mol. The van der Waals surface area contributed by atoms with Crippen molar-refractivity contribution in [1.29, 1.82) is 0 Å². The van der Waals surface area contributed by atoms with Crippen LogP contribution < -0.4 is 10.2 Å². The van der Waals surface area contributed by atoms with Crippen molar-refractivity contribution >= 4 is 34.2 Å². The van der Waals surface area contributed by atoms with E-state index in [2.05, 4.69) is 20.2 Å². The van der Waals surface area contributed by atoms with Gasteiger partial charge in [0.15, 0.2) is 0 Å². The maximum absolute atomic E-state index is 13.1. The summed E-state index contributed by atoms with van der Waals surface area (Å²) < 4.78 is 13.1. The molecule has 0 aromatic carbocycles. The summed E-state index contributed by atoms with van der Waals surface area (Å²) in [5.74, 6) is 3.71. The van der Waals surface area contributed by atoms with Gasteiger partial charge in [0, 0.05) is 36.7 Å².